The number of anilines is 2. The number of fused-ring (bicyclic) bond motifs is 3. The molecule has 3 aromatic heterocycles. The van der Waals surface area contributed by atoms with Crippen LogP contribution in [0, 0.1) is 0 Å². The SMILES string of the molecule is CN1CCN(C(=O)Cn2cc(Nc3nc4c(C5=CC6CCC(C5)N6Cc5ccc(Cl)cc5)cccn4n3)cn2)CC1. The summed E-state index contributed by atoms with van der Waals surface area (Å²) in [6.07, 6.45) is 11.3. The van der Waals surface area contributed by atoms with E-state index in [1.165, 1.54) is 24.0 Å². The largest absolute Gasteiger partial charge is 0.339 e. The summed E-state index contributed by atoms with van der Waals surface area (Å²) in [7, 11) is 2.08. The summed E-state index contributed by atoms with van der Waals surface area (Å²) < 4.78 is 3.50. The number of pyridine rings is 1. The molecule has 2 unspecified atom stereocenters. The van der Waals surface area contributed by atoms with E-state index in [0.717, 1.165) is 61.1 Å². The second-order valence-electron chi connectivity index (χ2n) is 11.4. The number of likely N-dealkylation sites (N-methyl/N-ethyl adjacent to an activating group) is 1. The molecule has 0 saturated carbocycles. The first-order valence-electron chi connectivity index (χ1n) is 14.3. The molecule has 10 nitrogen and oxygen atoms in total. The first kappa shape index (κ1) is 26.2. The molecule has 2 saturated heterocycles. The van der Waals surface area contributed by atoms with Crippen LogP contribution in [-0.4, -0.2) is 90.3 Å². The van der Waals surface area contributed by atoms with Gasteiger partial charge in [0, 0.05) is 67.8 Å². The van der Waals surface area contributed by atoms with Gasteiger partial charge in [-0.1, -0.05) is 29.8 Å². The van der Waals surface area contributed by atoms with Gasteiger partial charge in [-0.05, 0) is 61.7 Å². The number of benzene rings is 1. The normalized spacial score (nSPS) is 21.4. The molecule has 11 heteroatoms. The lowest BCUT2D eigenvalue weighted by molar-refractivity contribution is -0.133. The Kier molecular flexibility index (Phi) is 6.98. The van der Waals surface area contributed by atoms with Crippen LogP contribution >= 0.6 is 11.6 Å². The van der Waals surface area contributed by atoms with Crippen LogP contribution in [0.15, 0.2) is 61.1 Å². The quantitative estimate of drug-likeness (QED) is 0.360. The van der Waals surface area contributed by atoms with E-state index in [1.807, 2.05) is 40.0 Å². The highest BCUT2D eigenvalue weighted by atomic mass is 35.5. The number of piperazine rings is 1. The predicted octanol–water partition coefficient (Wildman–Crippen LogP) is 3.92. The summed E-state index contributed by atoms with van der Waals surface area (Å²) in [5, 5.41) is 13.1. The minimum Gasteiger partial charge on any atom is -0.339 e. The Balaban J connectivity index is 1.05. The number of hydrogen-bond acceptors (Lipinski definition) is 7. The van der Waals surface area contributed by atoms with Crippen LogP contribution in [0.4, 0.5) is 11.6 Å². The lowest BCUT2D eigenvalue weighted by atomic mass is 9.95. The molecule has 41 heavy (non-hydrogen) atoms. The summed E-state index contributed by atoms with van der Waals surface area (Å²) in [4.78, 5) is 24.3. The van der Waals surface area contributed by atoms with E-state index in [9.17, 15) is 4.79 Å². The second kappa shape index (κ2) is 10.9. The van der Waals surface area contributed by atoms with Gasteiger partial charge >= 0.3 is 0 Å². The van der Waals surface area contributed by atoms with Crippen molar-refractivity contribution >= 4 is 40.4 Å². The standard InChI is InChI=1S/C30H34ClN9O/c1-36-11-13-37(14-12-36)28(41)20-38-19-24(17-32-38)33-30-34-29-27(3-2-10-40(29)35-30)22-15-25-8-9-26(16-22)39(25)18-21-4-6-23(31)7-5-21/h2-7,10,15,17,19,25-26H,8-9,11-14,16,18,20H2,1H3,(H,33,35). The summed E-state index contributed by atoms with van der Waals surface area (Å²) in [5.41, 5.74) is 5.35. The molecular formula is C30H34ClN9O. The van der Waals surface area contributed by atoms with Crippen molar-refractivity contribution < 1.29 is 4.79 Å². The van der Waals surface area contributed by atoms with Crippen molar-refractivity contribution in [1.29, 1.82) is 0 Å². The summed E-state index contributed by atoms with van der Waals surface area (Å²) >= 11 is 6.10. The van der Waals surface area contributed by atoms with Gasteiger partial charge < -0.3 is 15.1 Å². The number of carbonyl (C=O) groups is 1. The van der Waals surface area contributed by atoms with Gasteiger partial charge in [0.15, 0.2) is 5.65 Å². The van der Waals surface area contributed by atoms with Crippen molar-refractivity contribution in [2.45, 2.75) is 44.4 Å². The van der Waals surface area contributed by atoms with E-state index >= 15 is 0 Å². The van der Waals surface area contributed by atoms with Crippen molar-refractivity contribution in [2.75, 3.05) is 38.5 Å². The van der Waals surface area contributed by atoms with Crippen LogP contribution in [0.5, 0.6) is 0 Å². The molecule has 7 rings (SSSR count). The minimum absolute atomic E-state index is 0.0877. The number of aromatic nitrogens is 5. The maximum atomic E-state index is 12.7. The fraction of sp³-hybridized carbons (Fsp3) is 0.400. The van der Waals surface area contributed by atoms with Gasteiger partial charge in [0.05, 0.1) is 11.9 Å². The molecule has 3 aliphatic heterocycles. The van der Waals surface area contributed by atoms with Gasteiger partial charge in [-0.2, -0.15) is 10.1 Å². The number of amides is 1. The van der Waals surface area contributed by atoms with Crippen LogP contribution in [-0.2, 0) is 17.9 Å². The average molecular weight is 572 g/mol. The van der Waals surface area contributed by atoms with Crippen LogP contribution in [0.1, 0.15) is 30.4 Å². The van der Waals surface area contributed by atoms with Gasteiger partial charge in [0.25, 0.3) is 0 Å². The first-order chi connectivity index (χ1) is 20.0. The van der Waals surface area contributed by atoms with Crippen molar-refractivity contribution in [2.24, 2.45) is 0 Å². The van der Waals surface area contributed by atoms with Gasteiger partial charge in [0.2, 0.25) is 11.9 Å². The highest BCUT2D eigenvalue weighted by Gasteiger charge is 2.37. The van der Waals surface area contributed by atoms with Crippen LogP contribution in [0.2, 0.25) is 5.02 Å². The van der Waals surface area contributed by atoms with Crippen LogP contribution in [0.3, 0.4) is 0 Å². The topological polar surface area (TPSA) is 86.8 Å². The average Bonchev–Trinajstić information content (AvgIpc) is 3.65. The molecule has 0 spiro atoms. The van der Waals surface area contributed by atoms with Crippen molar-refractivity contribution in [3.8, 4) is 0 Å². The summed E-state index contributed by atoms with van der Waals surface area (Å²) in [6.45, 7) is 4.48. The number of nitrogens with zero attached hydrogens (tertiary/aromatic N) is 8. The highest BCUT2D eigenvalue weighted by molar-refractivity contribution is 6.30. The third-order valence-corrected chi connectivity index (χ3v) is 8.82. The molecule has 2 fully saturated rings. The molecule has 6 heterocycles. The number of nitrogens with one attached hydrogen (secondary N) is 1. The third kappa shape index (κ3) is 5.47. The fourth-order valence-electron chi connectivity index (χ4n) is 6.31. The Bertz CT molecular complexity index is 1580. The van der Waals surface area contributed by atoms with Gasteiger partial charge in [-0.3, -0.25) is 14.4 Å². The van der Waals surface area contributed by atoms with Crippen molar-refractivity contribution in [3.05, 3.63) is 77.2 Å². The molecule has 1 N–H and O–H groups in total. The Labute approximate surface area is 244 Å². The summed E-state index contributed by atoms with van der Waals surface area (Å²) in [6, 6.07) is 13.3. The number of hydrogen-bond donors (Lipinski definition) is 1. The molecular weight excluding hydrogens is 538 g/mol. The Morgan fingerprint density at radius 1 is 1.10 bits per heavy atom. The van der Waals surface area contributed by atoms with Crippen LogP contribution < -0.4 is 5.32 Å². The molecule has 3 aliphatic rings. The lowest BCUT2D eigenvalue weighted by Crippen LogP contribution is -2.48. The zero-order valence-corrected chi connectivity index (χ0v) is 23.9. The minimum atomic E-state index is 0.0877. The van der Waals surface area contributed by atoms with Crippen molar-refractivity contribution in [1.82, 2.24) is 39.1 Å². The molecule has 212 valence electrons. The van der Waals surface area contributed by atoms with Gasteiger partial charge in [0.1, 0.15) is 6.54 Å². The fourth-order valence-corrected chi connectivity index (χ4v) is 6.44. The van der Waals surface area contributed by atoms with Crippen LogP contribution in [0.25, 0.3) is 11.2 Å². The molecule has 4 aromatic rings. The van der Waals surface area contributed by atoms with E-state index in [1.54, 1.807) is 10.9 Å². The monoisotopic (exact) mass is 571 g/mol. The van der Waals surface area contributed by atoms with E-state index < -0.39 is 0 Å². The molecule has 0 aliphatic carbocycles. The zero-order valence-electron chi connectivity index (χ0n) is 23.2. The third-order valence-electron chi connectivity index (χ3n) is 8.57. The molecule has 0 radical (unpaired) electrons. The molecule has 1 aromatic carbocycles. The smallest absolute Gasteiger partial charge is 0.247 e. The van der Waals surface area contributed by atoms with E-state index in [4.69, 9.17) is 16.6 Å². The van der Waals surface area contributed by atoms with Gasteiger partial charge in [-0.15, -0.1) is 5.10 Å². The van der Waals surface area contributed by atoms with Gasteiger partial charge in [-0.25, -0.2) is 4.52 Å². The van der Waals surface area contributed by atoms with E-state index in [0.29, 0.717) is 18.0 Å². The maximum Gasteiger partial charge on any atom is 0.247 e. The Morgan fingerprint density at radius 2 is 1.93 bits per heavy atom. The molecule has 1 amide bonds. The highest BCUT2D eigenvalue weighted by Crippen LogP contribution is 2.40. The number of carbonyl (C=O) groups excluding carboxylic acids is 1. The number of halogens is 1. The summed E-state index contributed by atoms with van der Waals surface area (Å²) in [5.74, 6) is 0.593. The zero-order chi connectivity index (χ0) is 27.9. The maximum absolute atomic E-state index is 12.7. The van der Waals surface area contributed by atoms with E-state index in [-0.39, 0.29) is 12.5 Å². The second-order valence-corrected chi connectivity index (χ2v) is 11.8. The molecule has 2 atom stereocenters. The lowest BCUT2D eigenvalue weighted by Gasteiger charge is -2.34. The predicted molar refractivity (Wildman–Crippen MR) is 159 cm³/mol. The Hall–Kier alpha value is -3.73. The van der Waals surface area contributed by atoms with Crippen molar-refractivity contribution in [3.63, 3.8) is 0 Å². The number of rotatable bonds is 7. The van der Waals surface area contributed by atoms with E-state index in [2.05, 4.69) is 56.6 Å². The first-order valence-corrected chi connectivity index (χ1v) is 14.7. The Morgan fingerprint density at radius 3 is 2.73 bits per heavy atom. The molecule has 2 bridgehead atoms.